The van der Waals surface area contributed by atoms with Crippen molar-refractivity contribution in [1.29, 1.82) is 0 Å². The zero-order valence-electron chi connectivity index (χ0n) is 15.9. The number of carbonyl (C=O) groups is 1. The molecule has 4 rings (SSSR count). The van der Waals surface area contributed by atoms with Crippen LogP contribution >= 0.6 is 11.3 Å². The van der Waals surface area contributed by atoms with Crippen LogP contribution in [-0.4, -0.2) is 69.7 Å². The second kappa shape index (κ2) is 8.50. The second-order valence-corrected chi connectivity index (χ2v) is 8.28. The molecule has 1 amide bonds. The number of carbonyl (C=O) groups excluding carboxylic acids is 1. The Bertz CT molecular complexity index is 758. The Balaban J connectivity index is 1.30. The highest BCUT2D eigenvalue weighted by atomic mass is 32.1. The number of piperidine rings is 1. The van der Waals surface area contributed by atoms with Gasteiger partial charge in [-0.1, -0.05) is 6.92 Å². The van der Waals surface area contributed by atoms with Crippen molar-refractivity contribution in [3.8, 4) is 0 Å². The molecule has 1 unspecified atom stereocenters. The van der Waals surface area contributed by atoms with Crippen molar-refractivity contribution >= 4 is 17.2 Å². The van der Waals surface area contributed by atoms with Gasteiger partial charge < -0.3 is 10.2 Å². The summed E-state index contributed by atoms with van der Waals surface area (Å²) in [6.45, 7) is 8.30. The minimum absolute atomic E-state index is 0.0547. The standard InChI is InChI=1S/C19H28N6OS/c1-2-18-21-15(14-27-18)13-23-8-10-24(11-9-23)19(26)17-5-7-25(22-17)16-4-3-6-20-12-16/h5,7,14,16,20H,2-4,6,8-13H2,1H3. The summed E-state index contributed by atoms with van der Waals surface area (Å²) in [5, 5.41) is 11.3. The van der Waals surface area contributed by atoms with Gasteiger partial charge in [0, 0.05) is 50.8 Å². The van der Waals surface area contributed by atoms with E-state index in [4.69, 9.17) is 0 Å². The number of nitrogens with one attached hydrogen (secondary N) is 1. The molecule has 27 heavy (non-hydrogen) atoms. The summed E-state index contributed by atoms with van der Waals surface area (Å²) < 4.78 is 1.96. The lowest BCUT2D eigenvalue weighted by molar-refractivity contribution is 0.0620. The largest absolute Gasteiger partial charge is 0.335 e. The molecule has 2 saturated heterocycles. The summed E-state index contributed by atoms with van der Waals surface area (Å²) in [6, 6.07) is 2.23. The third-order valence-electron chi connectivity index (χ3n) is 5.42. The number of hydrogen-bond acceptors (Lipinski definition) is 6. The van der Waals surface area contributed by atoms with Gasteiger partial charge in [0.2, 0.25) is 0 Å². The summed E-state index contributed by atoms with van der Waals surface area (Å²) in [7, 11) is 0. The van der Waals surface area contributed by atoms with Gasteiger partial charge >= 0.3 is 0 Å². The molecular formula is C19H28N6OS. The SMILES string of the molecule is CCc1nc(CN2CCN(C(=O)c3ccn(C4CCCNC4)n3)CC2)cs1. The van der Waals surface area contributed by atoms with Gasteiger partial charge in [-0.2, -0.15) is 5.10 Å². The molecule has 0 radical (unpaired) electrons. The Kier molecular flexibility index (Phi) is 5.85. The molecule has 7 nitrogen and oxygen atoms in total. The lowest BCUT2D eigenvalue weighted by Crippen LogP contribution is -2.48. The van der Waals surface area contributed by atoms with Crippen LogP contribution in [0.25, 0.3) is 0 Å². The first-order chi connectivity index (χ1) is 13.2. The third-order valence-corrected chi connectivity index (χ3v) is 6.46. The molecule has 8 heteroatoms. The monoisotopic (exact) mass is 388 g/mol. The molecule has 4 heterocycles. The van der Waals surface area contributed by atoms with E-state index in [0.29, 0.717) is 11.7 Å². The van der Waals surface area contributed by atoms with E-state index in [1.807, 2.05) is 21.8 Å². The van der Waals surface area contributed by atoms with Gasteiger partial charge in [-0.25, -0.2) is 4.98 Å². The van der Waals surface area contributed by atoms with Crippen LogP contribution in [0.1, 0.15) is 47.0 Å². The first-order valence-corrected chi connectivity index (χ1v) is 10.8. The number of hydrogen-bond donors (Lipinski definition) is 1. The quantitative estimate of drug-likeness (QED) is 0.846. The zero-order valence-corrected chi connectivity index (χ0v) is 16.7. The van der Waals surface area contributed by atoms with Crippen LogP contribution in [0.5, 0.6) is 0 Å². The van der Waals surface area contributed by atoms with Crippen molar-refractivity contribution in [2.24, 2.45) is 0 Å². The molecule has 1 N–H and O–H groups in total. The number of aromatic nitrogens is 3. The van der Waals surface area contributed by atoms with Crippen LogP contribution in [-0.2, 0) is 13.0 Å². The van der Waals surface area contributed by atoms with Crippen molar-refractivity contribution < 1.29 is 4.79 Å². The molecule has 2 aromatic heterocycles. The highest BCUT2D eigenvalue weighted by molar-refractivity contribution is 7.09. The van der Waals surface area contributed by atoms with Gasteiger partial charge in [-0.3, -0.25) is 14.4 Å². The molecule has 2 aliphatic heterocycles. The summed E-state index contributed by atoms with van der Waals surface area (Å²) in [4.78, 5) is 21.8. The fraction of sp³-hybridized carbons (Fsp3) is 0.632. The Morgan fingerprint density at radius 3 is 2.89 bits per heavy atom. The first kappa shape index (κ1) is 18.6. The number of amides is 1. The normalized spacial score (nSPS) is 21.5. The van der Waals surface area contributed by atoms with E-state index in [1.165, 1.54) is 5.01 Å². The lowest BCUT2D eigenvalue weighted by Gasteiger charge is -2.34. The number of nitrogens with zero attached hydrogens (tertiary/aromatic N) is 5. The average molecular weight is 389 g/mol. The van der Waals surface area contributed by atoms with Crippen LogP contribution in [0.2, 0.25) is 0 Å². The van der Waals surface area contributed by atoms with Gasteiger partial charge in [0.15, 0.2) is 0 Å². The van der Waals surface area contributed by atoms with Gasteiger partial charge in [0.25, 0.3) is 5.91 Å². The molecule has 0 aliphatic carbocycles. The molecule has 1 atom stereocenters. The average Bonchev–Trinajstić information content (AvgIpc) is 3.38. The molecule has 2 fully saturated rings. The molecule has 146 valence electrons. The molecule has 2 aliphatic rings. The van der Waals surface area contributed by atoms with Crippen LogP contribution in [0.4, 0.5) is 0 Å². The minimum atomic E-state index is 0.0547. The summed E-state index contributed by atoms with van der Waals surface area (Å²) >= 11 is 1.74. The smallest absolute Gasteiger partial charge is 0.274 e. The van der Waals surface area contributed by atoms with E-state index < -0.39 is 0 Å². The first-order valence-electron chi connectivity index (χ1n) is 9.93. The highest BCUT2D eigenvalue weighted by Crippen LogP contribution is 2.17. The lowest BCUT2D eigenvalue weighted by atomic mass is 10.1. The van der Waals surface area contributed by atoms with Crippen LogP contribution in [0, 0.1) is 0 Å². The van der Waals surface area contributed by atoms with E-state index in [1.54, 1.807) is 11.3 Å². The van der Waals surface area contributed by atoms with Crippen molar-refractivity contribution in [2.45, 2.75) is 38.8 Å². The summed E-state index contributed by atoms with van der Waals surface area (Å²) in [5.41, 5.74) is 1.72. The van der Waals surface area contributed by atoms with Crippen LogP contribution < -0.4 is 5.32 Å². The van der Waals surface area contributed by atoms with Crippen LogP contribution in [0.15, 0.2) is 17.6 Å². The van der Waals surface area contributed by atoms with Crippen molar-refractivity contribution in [1.82, 2.24) is 29.9 Å². The van der Waals surface area contributed by atoms with E-state index in [9.17, 15) is 4.79 Å². The number of rotatable bonds is 5. The molecule has 0 saturated carbocycles. The topological polar surface area (TPSA) is 66.3 Å². The predicted molar refractivity (Wildman–Crippen MR) is 106 cm³/mol. The number of piperazine rings is 1. The van der Waals surface area contributed by atoms with E-state index in [0.717, 1.165) is 70.8 Å². The predicted octanol–water partition coefficient (Wildman–Crippen LogP) is 1.78. The molecule has 2 aromatic rings. The fourth-order valence-corrected chi connectivity index (χ4v) is 4.53. The van der Waals surface area contributed by atoms with Gasteiger partial charge in [-0.15, -0.1) is 11.3 Å². The van der Waals surface area contributed by atoms with Gasteiger partial charge in [-0.05, 0) is 31.9 Å². The highest BCUT2D eigenvalue weighted by Gasteiger charge is 2.25. The fourth-order valence-electron chi connectivity index (χ4n) is 3.80. The van der Waals surface area contributed by atoms with Crippen LogP contribution in [0.3, 0.4) is 0 Å². The minimum Gasteiger partial charge on any atom is -0.335 e. The molecular weight excluding hydrogens is 360 g/mol. The van der Waals surface area contributed by atoms with Crippen molar-refractivity contribution in [3.63, 3.8) is 0 Å². The maximum Gasteiger partial charge on any atom is 0.274 e. The van der Waals surface area contributed by atoms with E-state index in [-0.39, 0.29) is 5.91 Å². The second-order valence-electron chi connectivity index (χ2n) is 7.34. The molecule has 0 bridgehead atoms. The van der Waals surface area contributed by atoms with E-state index in [2.05, 4.69) is 32.6 Å². The molecule has 0 aromatic carbocycles. The summed E-state index contributed by atoms with van der Waals surface area (Å²) in [6.07, 6.45) is 5.23. The van der Waals surface area contributed by atoms with Gasteiger partial charge in [0.1, 0.15) is 5.69 Å². The Morgan fingerprint density at radius 2 is 2.19 bits per heavy atom. The Labute approximate surface area is 164 Å². The number of aryl methyl sites for hydroxylation is 1. The number of thiazole rings is 1. The maximum atomic E-state index is 12.8. The van der Waals surface area contributed by atoms with Crippen molar-refractivity contribution in [2.75, 3.05) is 39.3 Å². The zero-order chi connectivity index (χ0) is 18.6. The Morgan fingerprint density at radius 1 is 1.33 bits per heavy atom. The maximum absolute atomic E-state index is 12.8. The van der Waals surface area contributed by atoms with Gasteiger partial charge in [0.05, 0.1) is 16.7 Å². The van der Waals surface area contributed by atoms with E-state index >= 15 is 0 Å². The summed E-state index contributed by atoms with van der Waals surface area (Å²) in [5.74, 6) is 0.0547. The van der Waals surface area contributed by atoms with Crippen molar-refractivity contribution in [3.05, 3.63) is 34.0 Å². The Hall–Kier alpha value is -1.77. The molecule has 0 spiro atoms. The third kappa shape index (κ3) is 4.39.